The van der Waals surface area contributed by atoms with Gasteiger partial charge in [0.05, 0.1) is 17.7 Å². The highest BCUT2D eigenvalue weighted by atomic mass is 15.3. The van der Waals surface area contributed by atoms with E-state index < -0.39 is 0 Å². The molecule has 1 aliphatic rings. The topological polar surface area (TPSA) is 41.6 Å². The molecule has 3 nitrogen and oxygen atoms in total. The largest absolute Gasteiger partial charge is 0.275 e. The Hall–Kier alpha value is -1.30. The first-order valence-corrected chi connectivity index (χ1v) is 4.23. The number of aromatic nitrogens is 2. The van der Waals surface area contributed by atoms with Crippen molar-refractivity contribution in [3.05, 3.63) is 17.5 Å². The van der Waals surface area contributed by atoms with Gasteiger partial charge in [-0.05, 0) is 19.3 Å². The van der Waals surface area contributed by atoms with E-state index in [1.54, 1.807) is 4.68 Å². The van der Waals surface area contributed by atoms with Gasteiger partial charge in [0.1, 0.15) is 0 Å². The Morgan fingerprint density at radius 2 is 2.58 bits per heavy atom. The van der Waals surface area contributed by atoms with Gasteiger partial charge >= 0.3 is 0 Å². The highest BCUT2D eigenvalue weighted by Gasteiger charge is 2.22. The van der Waals surface area contributed by atoms with Crippen molar-refractivity contribution in [2.24, 2.45) is 7.05 Å². The van der Waals surface area contributed by atoms with E-state index in [1.807, 2.05) is 13.2 Å². The van der Waals surface area contributed by atoms with Gasteiger partial charge in [0.25, 0.3) is 0 Å². The molecular formula is C9H11N3. The molecule has 0 aliphatic heterocycles. The van der Waals surface area contributed by atoms with E-state index >= 15 is 0 Å². The van der Waals surface area contributed by atoms with Crippen molar-refractivity contribution in [2.45, 2.75) is 25.2 Å². The Morgan fingerprint density at radius 1 is 1.75 bits per heavy atom. The number of fused-ring (bicyclic) bond motifs is 1. The quantitative estimate of drug-likeness (QED) is 0.576. The molecule has 2 rings (SSSR count). The van der Waals surface area contributed by atoms with Crippen LogP contribution in [0.15, 0.2) is 6.20 Å². The summed E-state index contributed by atoms with van der Waals surface area (Å²) in [5.41, 5.74) is 2.27. The lowest BCUT2D eigenvalue weighted by Gasteiger charge is -2.13. The summed E-state index contributed by atoms with van der Waals surface area (Å²) in [6, 6.07) is 2.32. The minimum Gasteiger partial charge on any atom is -0.275 e. The number of aryl methyl sites for hydroxylation is 2. The molecule has 0 aromatic carbocycles. The Labute approximate surface area is 71.6 Å². The third kappa shape index (κ3) is 1.00. The van der Waals surface area contributed by atoms with E-state index in [0.717, 1.165) is 30.5 Å². The van der Waals surface area contributed by atoms with Gasteiger partial charge in [-0.25, -0.2) is 0 Å². The van der Waals surface area contributed by atoms with Crippen molar-refractivity contribution < 1.29 is 0 Å². The van der Waals surface area contributed by atoms with Crippen LogP contribution in [-0.4, -0.2) is 9.78 Å². The monoisotopic (exact) mass is 161 g/mol. The van der Waals surface area contributed by atoms with Crippen LogP contribution in [0.5, 0.6) is 0 Å². The number of nitrogens with zero attached hydrogens (tertiary/aromatic N) is 3. The van der Waals surface area contributed by atoms with Crippen LogP contribution in [-0.2, 0) is 13.5 Å². The summed E-state index contributed by atoms with van der Waals surface area (Å²) in [7, 11) is 1.91. The van der Waals surface area contributed by atoms with E-state index in [0.29, 0.717) is 0 Å². The smallest absolute Gasteiger partial charge is 0.0746 e. The molecule has 0 amide bonds. The molecule has 3 heteroatoms. The van der Waals surface area contributed by atoms with Crippen LogP contribution in [0.25, 0.3) is 0 Å². The highest BCUT2D eigenvalue weighted by molar-refractivity contribution is 5.29. The van der Waals surface area contributed by atoms with Crippen LogP contribution in [0.3, 0.4) is 0 Å². The molecule has 1 atom stereocenters. The second-order valence-corrected chi connectivity index (χ2v) is 3.28. The summed E-state index contributed by atoms with van der Waals surface area (Å²) in [6.45, 7) is 0. The molecule has 0 radical (unpaired) electrons. The molecule has 62 valence electrons. The molecule has 1 aromatic heterocycles. The van der Waals surface area contributed by atoms with Crippen LogP contribution >= 0.6 is 0 Å². The molecule has 0 N–H and O–H groups in total. The Kier molecular flexibility index (Phi) is 1.61. The summed E-state index contributed by atoms with van der Waals surface area (Å²) >= 11 is 0. The van der Waals surface area contributed by atoms with Crippen molar-refractivity contribution in [2.75, 3.05) is 0 Å². The standard InChI is InChI=1S/C9H11N3/c1-12-6-8-7(5-10)3-2-4-9(8)11-12/h6-7H,2-4H2,1H3. The van der Waals surface area contributed by atoms with Crippen molar-refractivity contribution in [3.8, 4) is 6.07 Å². The van der Waals surface area contributed by atoms with E-state index in [9.17, 15) is 0 Å². The summed E-state index contributed by atoms with van der Waals surface area (Å²) in [5, 5.41) is 13.2. The Morgan fingerprint density at radius 3 is 3.33 bits per heavy atom. The molecule has 0 saturated heterocycles. The third-order valence-electron chi connectivity index (χ3n) is 2.38. The maximum atomic E-state index is 8.86. The lowest BCUT2D eigenvalue weighted by Crippen LogP contribution is -2.06. The van der Waals surface area contributed by atoms with Crippen LogP contribution in [0.2, 0.25) is 0 Å². The summed E-state index contributed by atoms with van der Waals surface area (Å²) in [5.74, 6) is 0.0856. The number of hydrogen-bond donors (Lipinski definition) is 0. The summed E-state index contributed by atoms with van der Waals surface area (Å²) in [4.78, 5) is 0. The maximum absolute atomic E-state index is 8.86. The summed E-state index contributed by atoms with van der Waals surface area (Å²) < 4.78 is 1.81. The van der Waals surface area contributed by atoms with Gasteiger partial charge < -0.3 is 0 Å². The van der Waals surface area contributed by atoms with Crippen LogP contribution < -0.4 is 0 Å². The second kappa shape index (κ2) is 2.63. The predicted molar refractivity (Wildman–Crippen MR) is 44.5 cm³/mol. The molecule has 1 aliphatic carbocycles. The molecule has 0 saturated carbocycles. The zero-order chi connectivity index (χ0) is 8.55. The fourth-order valence-corrected chi connectivity index (χ4v) is 1.80. The van der Waals surface area contributed by atoms with Crippen molar-refractivity contribution in [1.29, 1.82) is 5.26 Å². The second-order valence-electron chi connectivity index (χ2n) is 3.28. The normalized spacial score (nSPS) is 21.5. The lowest BCUT2D eigenvalue weighted by molar-refractivity contribution is 0.625. The van der Waals surface area contributed by atoms with Crippen molar-refractivity contribution in [3.63, 3.8) is 0 Å². The molecule has 1 unspecified atom stereocenters. The zero-order valence-electron chi connectivity index (χ0n) is 7.12. The van der Waals surface area contributed by atoms with Gasteiger partial charge in [0.2, 0.25) is 0 Å². The fourth-order valence-electron chi connectivity index (χ4n) is 1.80. The van der Waals surface area contributed by atoms with Crippen LogP contribution in [0.1, 0.15) is 30.0 Å². The molecule has 0 fully saturated rings. The SMILES string of the molecule is Cn1cc2c(n1)CCCC2C#N. The Bertz CT molecular complexity index is 332. The third-order valence-corrected chi connectivity index (χ3v) is 2.38. The minimum absolute atomic E-state index is 0.0856. The van der Waals surface area contributed by atoms with Gasteiger partial charge in [-0.3, -0.25) is 4.68 Å². The van der Waals surface area contributed by atoms with Gasteiger partial charge in [0, 0.05) is 18.8 Å². The number of nitriles is 1. The van der Waals surface area contributed by atoms with Gasteiger partial charge in [-0.15, -0.1) is 0 Å². The first kappa shape index (κ1) is 7.35. The fraction of sp³-hybridized carbons (Fsp3) is 0.556. The predicted octanol–water partition coefficient (Wildman–Crippen LogP) is 1.36. The molecule has 1 heterocycles. The summed E-state index contributed by atoms with van der Waals surface area (Å²) in [6.07, 6.45) is 5.11. The number of rotatable bonds is 0. The van der Waals surface area contributed by atoms with Gasteiger partial charge in [-0.2, -0.15) is 10.4 Å². The van der Waals surface area contributed by atoms with E-state index in [4.69, 9.17) is 5.26 Å². The molecule has 0 spiro atoms. The highest BCUT2D eigenvalue weighted by Crippen LogP contribution is 2.29. The van der Waals surface area contributed by atoms with E-state index in [2.05, 4.69) is 11.2 Å². The van der Waals surface area contributed by atoms with Gasteiger partial charge in [-0.1, -0.05) is 0 Å². The van der Waals surface area contributed by atoms with Crippen LogP contribution in [0, 0.1) is 11.3 Å². The van der Waals surface area contributed by atoms with Crippen LogP contribution in [0.4, 0.5) is 0 Å². The van der Waals surface area contributed by atoms with Gasteiger partial charge in [0.15, 0.2) is 0 Å². The first-order chi connectivity index (χ1) is 5.81. The molecule has 0 bridgehead atoms. The maximum Gasteiger partial charge on any atom is 0.0746 e. The molecule has 12 heavy (non-hydrogen) atoms. The zero-order valence-corrected chi connectivity index (χ0v) is 7.12. The number of hydrogen-bond acceptors (Lipinski definition) is 2. The molecule has 1 aromatic rings. The average Bonchev–Trinajstić information content (AvgIpc) is 2.44. The van der Waals surface area contributed by atoms with Crippen molar-refractivity contribution >= 4 is 0 Å². The Balaban J connectivity index is 2.45. The first-order valence-electron chi connectivity index (χ1n) is 4.23. The molecular weight excluding hydrogens is 150 g/mol. The average molecular weight is 161 g/mol. The minimum atomic E-state index is 0.0856. The van der Waals surface area contributed by atoms with E-state index in [-0.39, 0.29) is 5.92 Å². The van der Waals surface area contributed by atoms with E-state index in [1.165, 1.54) is 0 Å². The van der Waals surface area contributed by atoms with Crippen molar-refractivity contribution in [1.82, 2.24) is 9.78 Å². The lowest BCUT2D eigenvalue weighted by atomic mass is 9.88.